The van der Waals surface area contributed by atoms with E-state index in [9.17, 15) is 0 Å². The average Bonchev–Trinajstić information content (AvgIpc) is 3.88. The van der Waals surface area contributed by atoms with E-state index in [1.54, 1.807) is 0 Å². The molecule has 1 N–H and O–H groups in total. The minimum atomic E-state index is -0.351. The van der Waals surface area contributed by atoms with E-state index in [1.807, 2.05) is 29.5 Å². The Balaban J connectivity index is 1.01. The van der Waals surface area contributed by atoms with Gasteiger partial charge < -0.3 is 9.73 Å². The fourth-order valence-electron chi connectivity index (χ4n) is 8.68. The largest absolute Gasteiger partial charge is 0.456 e. The molecular formula is C53H33N3OS. The molecule has 3 heterocycles. The third kappa shape index (κ3) is 5.36. The Labute approximate surface area is 338 Å². The maximum atomic E-state index is 6.72. The predicted octanol–water partition coefficient (Wildman–Crippen LogP) is 14.1. The van der Waals surface area contributed by atoms with Crippen LogP contribution >= 0.6 is 11.3 Å². The lowest BCUT2D eigenvalue weighted by Crippen LogP contribution is -2.33. The maximum absolute atomic E-state index is 6.72. The summed E-state index contributed by atoms with van der Waals surface area (Å²) in [5, 5.41) is 13.2. The first-order valence-corrected chi connectivity index (χ1v) is 20.4. The number of aliphatic imine (C=N–C) groups is 2. The molecule has 2 aromatic heterocycles. The quantitative estimate of drug-likeness (QED) is 0.190. The molecular weight excluding hydrogens is 727 g/mol. The number of hydrogen-bond acceptors (Lipinski definition) is 5. The molecule has 272 valence electrons. The van der Waals surface area contributed by atoms with E-state index in [-0.39, 0.29) is 6.17 Å². The van der Waals surface area contributed by atoms with Gasteiger partial charge in [-0.3, -0.25) is 0 Å². The SMILES string of the molecule is c1ccc(-c2ccc(C3N=C(c4cccc5oc6cc(-c7cc8ccccc8c8c7sc7ccccc78)ccc6c45)N=C(c4ccc5ccccc5c4)N3)cc2)cc1. The third-order valence-electron chi connectivity index (χ3n) is 11.5. The van der Waals surface area contributed by atoms with Crippen LogP contribution in [0.4, 0.5) is 0 Å². The molecule has 11 aromatic rings. The molecule has 0 aliphatic carbocycles. The van der Waals surface area contributed by atoms with E-state index in [4.69, 9.17) is 14.4 Å². The van der Waals surface area contributed by atoms with Crippen molar-refractivity contribution in [1.82, 2.24) is 5.32 Å². The van der Waals surface area contributed by atoms with Crippen LogP contribution in [0.5, 0.6) is 0 Å². The summed E-state index contributed by atoms with van der Waals surface area (Å²) in [4.78, 5) is 10.6. The second-order valence-electron chi connectivity index (χ2n) is 14.9. The molecule has 0 amide bonds. The number of fused-ring (bicyclic) bond motifs is 9. The number of nitrogens with zero attached hydrogens (tertiary/aromatic N) is 2. The smallest absolute Gasteiger partial charge is 0.160 e. The molecule has 12 rings (SSSR count). The van der Waals surface area contributed by atoms with Crippen LogP contribution in [0.15, 0.2) is 202 Å². The summed E-state index contributed by atoms with van der Waals surface area (Å²) in [7, 11) is 0. The number of hydrogen-bond donors (Lipinski definition) is 1. The lowest BCUT2D eigenvalue weighted by Gasteiger charge is -2.24. The van der Waals surface area contributed by atoms with Gasteiger partial charge in [-0.25, -0.2) is 9.98 Å². The zero-order chi connectivity index (χ0) is 38.2. The first kappa shape index (κ1) is 32.9. The molecule has 1 aliphatic rings. The van der Waals surface area contributed by atoms with Gasteiger partial charge in [0, 0.05) is 47.6 Å². The monoisotopic (exact) mass is 759 g/mol. The van der Waals surface area contributed by atoms with Crippen LogP contribution < -0.4 is 5.32 Å². The highest BCUT2D eigenvalue weighted by molar-refractivity contribution is 7.26. The summed E-state index contributed by atoms with van der Waals surface area (Å²) in [6.45, 7) is 0. The summed E-state index contributed by atoms with van der Waals surface area (Å²) in [5.74, 6) is 1.45. The van der Waals surface area contributed by atoms with E-state index in [0.717, 1.165) is 55.4 Å². The van der Waals surface area contributed by atoms with Crippen molar-refractivity contribution in [3.05, 3.63) is 205 Å². The molecule has 0 radical (unpaired) electrons. The van der Waals surface area contributed by atoms with Crippen LogP contribution in [-0.4, -0.2) is 11.7 Å². The molecule has 5 heteroatoms. The summed E-state index contributed by atoms with van der Waals surface area (Å²) >= 11 is 1.86. The van der Waals surface area contributed by atoms with Crippen molar-refractivity contribution in [3.8, 4) is 22.3 Å². The molecule has 9 aromatic carbocycles. The first-order chi connectivity index (χ1) is 28.7. The van der Waals surface area contributed by atoms with Crippen molar-refractivity contribution < 1.29 is 4.42 Å². The van der Waals surface area contributed by atoms with Crippen molar-refractivity contribution in [1.29, 1.82) is 0 Å². The maximum Gasteiger partial charge on any atom is 0.160 e. The van der Waals surface area contributed by atoms with Crippen LogP contribution in [0.1, 0.15) is 22.9 Å². The Morgan fingerprint density at radius 1 is 0.466 bits per heavy atom. The normalized spacial score (nSPS) is 14.4. The van der Waals surface area contributed by atoms with Gasteiger partial charge in [0.25, 0.3) is 0 Å². The number of benzene rings is 9. The minimum absolute atomic E-state index is 0.351. The number of rotatable bonds is 5. The van der Waals surface area contributed by atoms with Gasteiger partial charge in [-0.05, 0) is 80.2 Å². The second-order valence-corrected chi connectivity index (χ2v) is 16.0. The molecule has 0 saturated heterocycles. The van der Waals surface area contributed by atoms with E-state index in [2.05, 4.69) is 175 Å². The van der Waals surface area contributed by atoms with Gasteiger partial charge in [-0.2, -0.15) is 0 Å². The highest BCUT2D eigenvalue weighted by atomic mass is 32.1. The van der Waals surface area contributed by atoms with Crippen LogP contribution in [0, 0.1) is 0 Å². The van der Waals surface area contributed by atoms with Crippen LogP contribution in [0.3, 0.4) is 0 Å². The number of furan rings is 1. The predicted molar refractivity (Wildman–Crippen MR) is 244 cm³/mol. The zero-order valence-corrected chi connectivity index (χ0v) is 32.0. The molecule has 58 heavy (non-hydrogen) atoms. The van der Waals surface area contributed by atoms with Gasteiger partial charge in [-0.1, -0.05) is 152 Å². The number of thiophene rings is 1. The van der Waals surface area contributed by atoms with Crippen LogP contribution in [0.2, 0.25) is 0 Å². The van der Waals surface area contributed by atoms with Crippen molar-refractivity contribution in [2.24, 2.45) is 9.98 Å². The summed E-state index contributed by atoms with van der Waals surface area (Å²) in [6.07, 6.45) is -0.351. The van der Waals surface area contributed by atoms with E-state index in [1.165, 1.54) is 53.0 Å². The Hall–Kier alpha value is -7.34. The highest BCUT2D eigenvalue weighted by Gasteiger charge is 2.24. The van der Waals surface area contributed by atoms with Gasteiger partial charge in [0.2, 0.25) is 0 Å². The fraction of sp³-hybridized carbons (Fsp3) is 0.0189. The summed E-state index contributed by atoms with van der Waals surface area (Å²) in [5.41, 5.74) is 9.34. The lowest BCUT2D eigenvalue weighted by atomic mass is 9.96. The molecule has 4 nitrogen and oxygen atoms in total. The van der Waals surface area contributed by atoms with Gasteiger partial charge >= 0.3 is 0 Å². The molecule has 0 saturated carbocycles. The molecule has 1 unspecified atom stereocenters. The first-order valence-electron chi connectivity index (χ1n) is 19.6. The lowest BCUT2D eigenvalue weighted by molar-refractivity contribution is 0.668. The van der Waals surface area contributed by atoms with Crippen LogP contribution in [-0.2, 0) is 0 Å². The van der Waals surface area contributed by atoms with Crippen molar-refractivity contribution in [3.63, 3.8) is 0 Å². The van der Waals surface area contributed by atoms with Gasteiger partial charge in [0.1, 0.15) is 23.2 Å². The van der Waals surface area contributed by atoms with Crippen molar-refractivity contribution in [2.75, 3.05) is 0 Å². The fourth-order valence-corrected chi connectivity index (χ4v) is 9.94. The third-order valence-corrected chi connectivity index (χ3v) is 12.7. The molecule has 0 fully saturated rings. The van der Waals surface area contributed by atoms with E-state index >= 15 is 0 Å². The molecule has 0 spiro atoms. The average molecular weight is 760 g/mol. The van der Waals surface area contributed by atoms with Crippen molar-refractivity contribution in [2.45, 2.75) is 6.17 Å². The molecule has 1 atom stereocenters. The summed E-state index contributed by atoms with van der Waals surface area (Å²) < 4.78 is 9.30. The standard InChI is InChI=1S/C53H33N3OS/c1-2-11-32(12-3-1)34-21-24-35(25-22-34)51-54-52(39-26-23-33-13-4-5-14-36(33)29-39)56-53(55-51)43-18-10-19-45-48(43)41-28-27-38(31-46(41)57-45)44-30-37-15-6-7-16-40(37)49-42-17-8-9-20-47(42)58-50(44)49/h1-31,51H,(H,54,55,56). The zero-order valence-electron chi connectivity index (χ0n) is 31.2. The summed E-state index contributed by atoms with van der Waals surface area (Å²) in [6, 6.07) is 66.8. The van der Waals surface area contributed by atoms with Gasteiger partial charge in [0.05, 0.1) is 0 Å². The Morgan fingerprint density at radius 2 is 1.19 bits per heavy atom. The van der Waals surface area contributed by atoms with E-state index < -0.39 is 0 Å². The van der Waals surface area contributed by atoms with Gasteiger partial charge in [-0.15, -0.1) is 11.3 Å². The number of amidine groups is 2. The Kier molecular flexibility index (Phi) is 7.43. The van der Waals surface area contributed by atoms with E-state index in [0.29, 0.717) is 5.84 Å². The van der Waals surface area contributed by atoms with Crippen molar-refractivity contribution >= 4 is 86.7 Å². The van der Waals surface area contributed by atoms with Crippen LogP contribution in [0.25, 0.3) is 85.9 Å². The van der Waals surface area contributed by atoms with Gasteiger partial charge in [0.15, 0.2) is 5.84 Å². The molecule has 0 bridgehead atoms. The Bertz CT molecular complexity index is 3490. The molecule has 1 aliphatic heterocycles. The Morgan fingerprint density at radius 3 is 2.07 bits per heavy atom. The topological polar surface area (TPSA) is 49.9 Å². The minimum Gasteiger partial charge on any atom is -0.456 e. The second kappa shape index (κ2) is 13.1. The number of nitrogens with one attached hydrogen (secondary N) is 1. The highest BCUT2D eigenvalue weighted by Crippen LogP contribution is 2.45.